The lowest BCUT2D eigenvalue weighted by Crippen LogP contribution is -2.30. The molecule has 0 bridgehead atoms. The van der Waals surface area contributed by atoms with Gasteiger partial charge in [-0.3, -0.25) is 9.59 Å². The van der Waals surface area contributed by atoms with Gasteiger partial charge in [0, 0.05) is 18.7 Å². The predicted molar refractivity (Wildman–Crippen MR) is 98.4 cm³/mol. The first kappa shape index (κ1) is 17.2. The van der Waals surface area contributed by atoms with Crippen molar-refractivity contribution in [1.82, 2.24) is 15.0 Å². The van der Waals surface area contributed by atoms with E-state index in [0.29, 0.717) is 41.0 Å². The van der Waals surface area contributed by atoms with Crippen molar-refractivity contribution in [3.05, 3.63) is 47.2 Å². The quantitative estimate of drug-likeness (QED) is 0.766. The zero-order valence-corrected chi connectivity index (χ0v) is 15.1. The zero-order valence-electron chi connectivity index (χ0n) is 15.1. The Bertz CT molecular complexity index is 1040. The van der Waals surface area contributed by atoms with Crippen LogP contribution in [0.2, 0.25) is 0 Å². The van der Waals surface area contributed by atoms with Crippen molar-refractivity contribution in [3.8, 4) is 11.3 Å². The molecule has 1 saturated heterocycles. The van der Waals surface area contributed by atoms with Crippen LogP contribution in [0, 0.1) is 19.8 Å². The largest absolute Gasteiger partial charge is 0.481 e. The number of carboxylic acids is 1. The number of carbonyl (C=O) groups excluding carboxylic acids is 1. The van der Waals surface area contributed by atoms with Crippen LogP contribution in [-0.2, 0) is 4.79 Å². The Morgan fingerprint density at radius 2 is 1.96 bits per heavy atom. The summed E-state index contributed by atoms with van der Waals surface area (Å²) in [5.41, 5.74) is 3.96. The number of hydrogen-bond acceptors (Lipinski definition) is 5. The first-order valence-corrected chi connectivity index (χ1v) is 8.80. The van der Waals surface area contributed by atoms with E-state index in [-0.39, 0.29) is 12.5 Å². The molecule has 3 aromatic rings. The number of aryl methyl sites for hydroxylation is 2. The smallest absolute Gasteiger partial charge is 0.308 e. The van der Waals surface area contributed by atoms with Crippen LogP contribution in [0.4, 0.5) is 0 Å². The monoisotopic (exact) mass is 365 g/mol. The summed E-state index contributed by atoms with van der Waals surface area (Å²) in [7, 11) is 0. The third-order valence-corrected chi connectivity index (χ3v) is 5.02. The molecule has 138 valence electrons. The lowest BCUT2D eigenvalue weighted by Gasteiger charge is -2.17. The van der Waals surface area contributed by atoms with Crippen LogP contribution in [0.5, 0.6) is 0 Å². The minimum absolute atomic E-state index is 0.210. The third-order valence-electron chi connectivity index (χ3n) is 5.02. The Hall–Kier alpha value is -3.22. The topological polar surface area (TPSA) is 96.5 Å². The second kappa shape index (κ2) is 6.50. The average molecular weight is 365 g/mol. The van der Waals surface area contributed by atoms with E-state index in [2.05, 4.69) is 10.1 Å². The van der Waals surface area contributed by atoms with Crippen molar-refractivity contribution in [2.24, 2.45) is 5.92 Å². The molecule has 0 unspecified atom stereocenters. The molecule has 1 aliphatic heterocycles. The van der Waals surface area contributed by atoms with Crippen LogP contribution in [-0.4, -0.2) is 45.1 Å². The predicted octanol–water partition coefficient (Wildman–Crippen LogP) is 3.05. The summed E-state index contributed by atoms with van der Waals surface area (Å²) in [6, 6.07) is 9.58. The first-order valence-electron chi connectivity index (χ1n) is 8.80. The number of nitrogens with zero attached hydrogens (tertiary/aromatic N) is 3. The molecule has 0 spiro atoms. The van der Waals surface area contributed by atoms with Gasteiger partial charge in [-0.15, -0.1) is 0 Å². The molecule has 1 aromatic carbocycles. The second-order valence-corrected chi connectivity index (χ2v) is 6.94. The lowest BCUT2D eigenvalue weighted by atomic mass is 10.0. The standard InChI is InChI=1S/C20H19N3O4/c1-11-3-5-13(6-4-11)16-9-15(17-12(2)22-27-18(17)21-16)19(24)23-8-7-14(10-23)20(25)26/h3-6,9,14H,7-8,10H2,1-2H3,(H,25,26)/t14-/m1/s1. The van der Waals surface area contributed by atoms with Gasteiger partial charge in [0.2, 0.25) is 0 Å². The zero-order chi connectivity index (χ0) is 19.1. The highest BCUT2D eigenvalue weighted by molar-refractivity contribution is 6.07. The number of aromatic nitrogens is 2. The van der Waals surface area contributed by atoms with E-state index in [1.165, 1.54) is 0 Å². The molecule has 1 N–H and O–H groups in total. The summed E-state index contributed by atoms with van der Waals surface area (Å²) in [6.45, 7) is 4.40. The van der Waals surface area contributed by atoms with Crippen molar-refractivity contribution in [3.63, 3.8) is 0 Å². The highest BCUT2D eigenvalue weighted by Gasteiger charge is 2.33. The average Bonchev–Trinajstić information content (AvgIpc) is 3.29. The fourth-order valence-electron chi connectivity index (χ4n) is 3.45. The van der Waals surface area contributed by atoms with Crippen LogP contribution in [0.3, 0.4) is 0 Å². The molecule has 1 fully saturated rings. The van der Waals surface area contributed by atoms with Gasteiger partial charge in [-0.25, -0.2) is 4.98 Å². The number of aliphatic carboxylic acids is 1. The molecule has 0 aliphatic carbocycles. The maximum absolute atomic E-state index is 13.2. The van der Waals surface area contributed by atoms with Crippen molar-refractivity contribution < 1.29 is 19.2 Å². The Morgan fingerprint density at radius 1 is 1.22 bits per heavy atom. The number of amides is 1. The Morgan fingerprint density at radius 3 is 2.63 bits per heavy atom. The minimum atomic E-state index is -0.869. The van der Waals surface area contributed by atoms with E-state index >= 15 is 0 Å². The van der Waals surface area contributed by atoms with E-state index < -0.39 is 11.9 Å². The molecule has 7 nitrogen and oxygen atoms in total. The number of benzene rings is 1. The molecular weight excluding hydrogens is 346 g/mol. The van der Waals surface area contributed by atoms with Gasteiger partial charge >= 0.3 is 5.97 Å². The van der Waals surface area contributed by atoms with Gasteiger partial charge < -0.3 is 14.5 Å². The van der Waals surface area contributed by atoms with Gasteiger partial charge in [0.15, 0.2) is 0 Å². The van der Waals surface area contributed by atoms with Gasteiger partial charge in [0.1, 0.15) is 0 Å². The summed E-state index contributed by atoms with van der Waals surface area (Å²) < 4.78 is 5.32. The third kappa shape index (κ3) is 3.05. The number of carboxylic acid groups (broad SMARTS) is 1. The van der Waals surface area contributed by atoms with Crippen LogP contribution >= 0.6 is 0 Å². The number of hydrogen-bond donors (Lipinski definition) is 1. The van der Waals surface area contributed by atoms with Crippen molar-refractivity contribution in [1.29, 1.82) is 0 Å². The van der Waals surface area contributed by atoms with E-state index in [1.807, 2.05) is 31.2 Å². The summed E-state index contributed by atoms with van der Waals surface area (Å²) in [5, 5.41) is 13.7. The van der Waals surface area contributed by atoms with Crippen molar-refractivity contribution in [2.45, 2.75) is 20.3 Å². The van der Waals surface area contributed by atoms with E-state index in [1.54, 1.807) is 17.9 Å². The Balaban J connectivity index is 1.79. The molecule has 0 radical (unpaired) electrons. The molecule has 27 heavy (non-hydrogen) atoms. The summed E-state index contributed by atoms with van der Waals surface area (Å²) >= 11 is 0. The number of pyridine rings is 1. The number of carbonyl (C=O) groups is 2. The summed E-state index contributed by atoms with van der Waals surface area (Å²) in [4.78, 5) is 30.5. The van der Waals surface area contributed by atoms with Gasteiger partial charge in [0.25, 0.3) is 11.6 Å². The van der Waals surface area contributed by atoms with Gasteiger partial charge in [-0.2, -0.15) is 0 Å². The molecule has 0 saturated carbocycles. The molecule has 2 aromatic heterocycles. The highest BCUT2D eigenvalue weighted by Crippen LogP contribution is 2.29. The maximum atomic E-state index is 13.2. The SMILES string of the molecule is Cc1ccc(-c2cc(C(=O)N3CC[C@@H](C(=O)O)C3)c3c(C)noc3n2)cc1. The van der Waals surface area contributed by atoms with Crippen LogP contribution < -0.4 is 0 Å². The van der Waals surface area contributed by atoms with Crippen molar-refractivity contribution >= 4 is 23.0 Å². The number of rotatable bonds is 3. The summed E-state index contributed by atoms with van der Waals surface area (Å²) in [6.07, 6.45) is 0.461. The lowest BCUT2D eigenvalue weighted by molar-refractivity contribution is -0.141. The molecule has 7 heteroatoms. The van der Waals surface area contributed by atoms with E-state index in [9.17, 15) is 14.7 Å². The molecule has 3 heterocycles. The second-order valence-electron chi connectivity index (χ2n) is 6.94. The molecular formula is C20H19N3O4. The number of fused-ring (bicyclic) bond motifs is 1. The van der Waals surface area contributed by atoms with E-state index in [0.717, 1.165) is 11.1 Å². The first-order chi connectivity index (χ1) is 12.9. The van der Waals surface area contributed by atoms with Crippen LogP contribution in [0.15, 0.2) is 34.9 Å². The normalized spacial score (nSPS) is 16.8. The van der Waals surface area contributed by atoms with Crippen LogP contribution in [0.25, 0.3) is 22.4 Å². The molecule has 1 aliphatic rings. The van der Waals surface area contributed by atoms with Gasteiger partial charge in [-0.1, -0.05) is 35.0 Å². The Labute approximate surface area is 155 Å². The van der Waals surface area contributed by atoms with Crippen molar-refractivity contribution in [2.75, 3.05) is 13.1 Å². The van der Waals surface area contributed by atoms with Crippen LogP contribution in [0.1, 0.15) is 28.0 Å². The van der Waals surface area contributed by atoms with E-state index in [4.69, 9.17) is 4.52 Å². The fourth-order valence-corrected chi connectivity index (χ4v) is 3.45. The number of likely N-dealkylation sites (tertiary alicyclic amines) is 1. The molecule has 4 rings (SSSR count). The minimum Gasteiger partial charge on any atom is -0.481 e. The molecule has 1 amide bonds. The molecule has 1 atom stereocenters. The summed E-state index contributed by atoms with van der Waals surface area (Å²) in [5.74, 6) is -1.61. The highest BCUT2D eigenvalue weighted by atomic mass is 16.5. The Kier molecular flexibility index (Phi) is 4.14. The van der Waals surface area contributed by atoms with Gasteiger partial charge in [0.05, 0.1) is 28.3 Å². The fraction of sp³-hybridized carbons (Fsp3) is 0.300. The maximum Gasteiger partial charge on any atom is 0.308 e. The van der Waals surface area contributed by atoms with Gasteiger partial charge in [-0.05, 0) is 26.3 Å².